The van der Waals surface area contributed by atoms with Gasteiger partial charge in [0.1, 0.15) is 5.75 Å². The Bertz CT molecular complexity index is 358. The zero-order chi connectivity index (χ0) is 12.0. The van der Waals surface area contributed by atoms with E-state index < -0.39 is 0 Å². The molecule has 1 aromatic rings. The van der Waals surface area contributed by atoms with Gasteiger partial charge >= 0.3 is 5.97 Å². The molecule has 0 bridgehead atoms. The summed E-state index contributed by atoms with van der Waals surface area (Å²) in [5.74, 6) is 0.386. The molecule has 0 atom stereocenters. The summed E-state index contributed by atoms with van der Waals surface area (Å²) >= 11 is 0. The maximum atomic E-state index is 11.2. The van der Waals surface area contributed by atoms with Gasteiger partial charge in [-0.1, -0.05) is 13.0 Å². The van der Waals surface area contributed by atoms with Crippen LogP contribution in [0.15, 0.2) is 18.2 Å². The molecule has 0 saturated carbocycles. The number of rotatable bonds is 5. The fourth-order valence-corrected chi connectivity index (χ4v) is 1.20. The average Bonchev–Trinajstić information content (AvgIpc) is 2.28. The lowest BCUT2D eigenvalue weighted by Crippen LogP contribution is -2.15. The second-order valence-corrected chi connectivity index (χ2v) is 3.76. The fraction of sp³-hybridized carbons (Fsp3) is 0.462. The van der Waals surface area contributed by atoms with E-state index in [9.17, 15) is 4.79 Å². The minimum absolute atomic E-state index is 0.0253. The minimum atomic E-state index is -0.319. The van der Waals surface area contributed by atoms with Crippen LogP contribution in [0.3, 0.4) is 0 Å². The van der Waals surface area contributed by atoms with E-state index >= 15 is 0 Å². The highest BCUT2D eigenvalue weighted by molar-refractivity contribution is 5.71. The highest BCUT2D eigenvalue weighted by Crippen LogP contribution is 2.16. The predicted octanol–water partition coefficient (Wildman–Crippen LogP) is 2.64. The third kappa shape index (κ3) is 3.93. The van der Waals surface area contributed by atoms with Gasteiger partial charge < -0.3 is 9.47 Å². The molecule has 0 fully saturated rings. The first-order valence-corrected chi connectivity index (χ1v) is 5.49. The second kappa shape index (κ2) is 6.16. The van der Waals surface area contributed by atoms with Crippen molar-refractivity contribution in [2.45, 2.75) is 27.2 Å². The van der Waals surface area contributed by atoms with E-state index in [1.165, 1.54) is 5.56 Å². The molecule has 0 unspecified atom stereocenters. The maximum Gasteiger partial charge on any atom is 0.344 e. The summed E-state index contributed by atoms with van der Waals surface area (Å²) < 4.78 is 10.2. The molecule has 0 spiro atoms. The molecule has 3 heteroatoms. The van der Waals surface area contributed by atoms with Gasteiger partial charge in [0.25, 0.3) is 0 Å². The summed E-state index contributed by atoms with van der Waals surface area (Å²) in [7, 11) is 0. The van der Waals surface area contributed by atoms with Gasteiger partial charge in [-0.3, -0.25) is 0 Å². The van der Waals surface area contributed by atoms with E-state index in [0.717, 1.165) is 12.0 Å². The Hall–Kier alpha value is -1.51. The molecule has 3 nitrogen and oxygen atoms in total. The van der Waals surface area contributed by atoms with Crippen LogP contribution in [-0.4, -0.2) is 19.2 Å². The van der Waals surface area contributed by atoms with Crippen LogP contribution in [0.25, 0.3) is 0 Å². The molecule has 88 valence electrons. The molecule has 0 saturated heterocycles. The Labute approximate surface area is 96.4 Å². The number of carbonyl (C=O) groups is 1. The third-order valence-corrected chi connectivity index (χ3v) is 2.30. The summed E-state index contributed by atoms with van der Waals surface area (Å²) in [5, 5.41) is 0. The lowest BCUT2D eigenvalue weighted by Gasteiger charge is -2.08. The molecule has 0 amide bonds. The smallest absolute Gasteiger partial charge is 0.344 e. The molecular formula is C13H18O3. The Morgan fingerprint density at radius 3 is 2.62 bits per heavy atom. The van der Waals surface area contributed by atoms with Crippen LogP contribution in [-0.2, 0) is 9.53 Å². The maximum absolute atomic E-state index is 11.2. The van der Waals surface area contributed by atoms with Crippen molar-refractivity contribution in [2.75, 3.05) is 13.2 Å². The van der Waals surface area contributed by atoms with E-state index in [-0.39, 0.29) is 12.6 Å². The number of hydrogen-bond acceptors (Lipinski definition) is 3. The van der Waals surface area contributed by atoms with Crippen LogP contribution in [0.4, 0.5) is 0 Å². The van der Waals surface area contributed by atoms with Crippen LogP contribution < -0.4 is 4.74 Å². The van der Waals surface area contributed by atoms with Crippen molar-refractivity contribution in [3.63, 3.8) is 0 Å². The Morgan fingerprint density at radius 1 is 1.25 bits per heavy atom. The van der Waals surface area contributed by atoms with Crippen LogP contribution in [0.5, 0.6) is 5.75 Å². The van der Waals surface area contributed by atoms with E-state index in [2.05, 4.69) is 0 Å². The van der Waals surface area contributed by atoms with Crippen molar-refractivity contribution >= 4 is 5.97 Å². The molecule has 0 heterocycles. The van der Waals surface area contributed by atoms with Gasteiger partial charge in [0.2, 0.25) is 0 Å². The number of benzene rings is 1. The van der Waals surface area contributed by atoms with Crippen LogP contribution in [0.2, 0.25) is 0 Å². The first kappa shape index (κ1) is 12.6. The number of ether oxygens (including phenoxy) is 2. The van der Waals surface area contributed by atoms with E-state index in [1.807, 2.05) is 39.0 Å². The predicted molar refractivity (Wildman–Crippen MR) is 62.7 cm³/mol. The summed E-state index contributed by atoms with van der Waals surface area (Å²) in [6.45, 7) is 6.43. The second-order valence-electron chi connectivity index (χ2n) is 3.76. The number of aryl methyl sites for hydroxylation is 2. The van der Waals surface area contributed by atoms with Crippen molar-refractivity contribution in [1.82, 2.24) is 0 Å². The van der Waals surface area contributed by atoms with Crippen molar-refractivity contribution in [3.05, 3.63) is 29.3 Å². The molecule has 0 aliphatic carbocycles. The zero-order valence-corrected chi connectivity index (χ0v) is 10.1. The topological polar surface area (TPSA) is 35.5 Å². The Morgan fingerprint density at radius 2 is 2.00 bits per heavy atom. The molecule has 16 heavy (non-hydrogen) atoms. The monoisotopic (exact) mass is 222 g/mol. The fourth-order valence-electron chi connectivity index (χ4n) is 1.20. The van der Waals surface area contributed by atoms with Gasteiger partial charge in [0, 0.05) is 0 Å². The average molecular weight is 222 g/mol. The minimum Gasteiger partial charge on any atom is -0.482 e. The Kier molecular flexibility index (Phi) is 4.83. The normalized spacial score (nSPS) is 9.94. The lowest BCUT2D eigenvalue weighted by atomic mass is 10.1. The molecule has 0 aliphatic heterocycles. The van der Waals surface area contributed by atoms with Crippen LogP contribution >= 0.6 is 0 Å². The van der Waals surface area contributed by atoms with Crippen molar-refractivity contribution in [3.8, 4) is 5.75 Å². The van der Waals surface area contributed by atoms with Crippen molar-refractivity contribution < 1.29 is 14.3 Å². The summed E-state index contributed by atoms with van der Waals surface area (Å²) in [6.07, 6.45) is 0.829. The number of esters is 1. The Balaban J connectivity index is 2.42. The van der Waals surface area contributed by atoms with Crippen LogP contribution in [0.1, 0.15) is 24.5 Å². The molecule has 0 radical (unpaired) electrons. The van der Waals surface area contributed by atoms with E-state index in [1.54, 1.807) is 0 Å². The van der Waals surface area contributed by atoms with Gasteiger partial charge in [0.15, 0.2) is 6.61 Å². The van der Waals surface area contributed by atoms with Gasteiger partial charge in [-0.15, -0.1) is 0 Å². The number of carbonyl (C=O) groups excluding carboxylic acids is 1. The molecule has 0 aromatic heterocycles. The summed E-state index contributed by atoms with van der Waals surface area (Å²) in [4.78, 5) is 11.2. The SMILES string of the molecule is CCCOC(=O)COc1ccc(C)c(C)c1. The third-order valence-electron chi connectivity index (χ3n) is 2.30. The first-order chi connectivity index (χ1) is 7.63. The first-order valence-electron chi connectivity index (χ1n) is 5.49. The highest BCUT2D eigenvalue weighted by atomic mass is 16.6. The van der Waals surface area contributed by atoms with E-state index in [4.69, 9.17) is 9.47 Å². The summed E-state index contributed by atoms with van der Waals surface area (Å²) in [6, 6.07) is 5.75. The van der Waals surface area contributed by atoms with E-state index in [0.29, 0.717) is 12.4 Å². The number of hydrogen-bond donors (Lipinski definition) is 0. The van der Waals surface area contributed by atoms with Crippen LogP contribution in [0, 0.1) is 13.8 Å². The summed E-state index contributed by atoms with van der Waals surface area (Å²) in [5.41, 5.74) is 2.36. The quantitative estimate of drug-likeness (QED) is 0.718. The van der Waals surface area contributed by atoms with Gasteiger partial charge in [-0.05, 0) is 43.5 Å². The molecule has 1 aromatic carbocycles. The van der Waals surface area contributed by atoms with Gasteiger partial charge in [0.05, 0.1) is 6.61 Å². The lowest BCUT2D eigenvalue weighted by molar-refractivity contribution is -0.146. The van der Waals surface area contributed by atoms with Gasteiger partial charge in [-0.2, -0.15) is 0 Å². The van der Waals surface area contributed by atoms with Crippen molar-refractivity contribution in [1.29, 1.82) is 0 Å². The molecule has 0 N–H and O–H groups in total. The van der Waals surface area contributed by atoms with Gasteiger partial charge in [-0.25, -0.2) is 4.79 Å². The molecule has 1 rings (SSSR count). The van der Waals surface area contributed by atoms with Crippen molar-refractivity contribution in [2.24, 2.45) is 0 Å². The molecule has 0 aliphatic rings. The highest BCUT2D eigenvalue weighted by Gasteiger charge is 2.04. The zero-order valence-electron chi connectivity index (χ0n) is 10.1. The molecular weight excluding hydrogens is 204 g/mol. The largest absolute Gasteiger partial charge is 0.482 e. The standard InChI is InChI=1S/C13H18O3/c1-4-7-15-13(14)9-16-12-6-5-10(2)11(3)8-12/h5-6,8H,4,7,9H2,1-3H3.